The van der Waals surface area contributed by atoms with Gasteiger partial charge in [0.25, 0.3) is 5.91 Å². The molecule has 10 nitrogen and oxygen atoms in total. The molecule has 5 rings (SSSR count). The zero-order chi connectivity index (χ0) is 22.8. The van der Waals surface area contributed by atoms with Crippen molar-refractivity contribution < 1.29 is 9.53 Å². The average Bonchev–Trinajstić information content (AvgIpc) is 3.22. The van der Waals surface area contributed by atoms with Crippen LogP contribution in [0.15, 0.2) is 49.2 Å². The first-order valence-corrected chi connectivity index (χ1v) is 10.7. The minimum atomic E-state index is -0.670. The van der Waals surface area contributed by atoms with E-state index in [9.17, 15) is 4.79 Å². The highest BCUT2D eigenvalue weighted by atomic mass is 16.5. The Balaban J connectivity index is 1.42. The van der Waals surface area contributed by atoms with Crippen LogP contribution in [0.3, 0.4) is 0 Å². The van der Waals surface area contributed by atoms with Crippen molar-refractivity contribution in [2.45, 2.75) is 18.9 Å². The quantitative estimate of drug-likeness (QED) is 0.413. The fraction of sp³-hybridized carbons (Fsp3) is 0.261. The first-order valence-electron chi connectivity index (χ1n) is 10.7. The van der Waals surface area contributed by atoms with Crippen LogP contribution < -0.4 is 21.1 Å². The summed E-state index contributed by atoms with van der Waals surface area (Å²) in [6.45, 7) is 1.94. The van der Waals surface area contributed by atoms with Gasteiger partial charge in [-0.05, 0) is 50.2 Å². The molecule has 33 heavy (non-hydrogen) atoms. The second-order valence-corrected chi connectivity index (χ2v) is 7.94. The molecule has 4 heterocycles. The minimum Gasteiger partial charge on any atom is -0.490 e. The maximum absolute atomic E-state index is 12.0. The summed E-state index contributed by atoms with van der Waals surface area (Å²) in [6.07, 6.45) is 8.84. The Labute approximate surface area is 190 Å². The number of anilines is 2. The van der Waals surface area contributed by atoms with Crippen LogP contribution >= 0.6 is 0 Å². The Kier molecular flexibility index (Phi) is 5.57. The Bertz CT molecular complexity index is 1300. The van der Waals surface area contributed by atoms with Crippen LogP contribution in [0.25, 0.3) is 22.3 Å². The smallest absolute Gasteiger partial charge is 0.271 e. The largest absolute Gasteiger partial charge is 0.490 e. The lowest BCUT2D eigenvalue weighted by atomic mass is 10.1. The first kappa shape index (κ1) is 20.8. The van der Waals surface area contributed by atoms with Gasteiger partial charge < -0.3 is 25.7 Å². The van der Waals surface area contributed by atoms with Gasteiger partial charge in [0.1, 0.15) is 17.4 Å². The average molecular weight is 444 g/mol. The lowest BCUT2D eigenvalue weighted by Gasteiger charge is -2.23. The second-order valence-electron chi connectivity index (χ2n) is 7.94. The number of ether oxygens (including phenoxy) is 1. The number of imidazole rings is 1. The van der Waals surface area contributed by atoms with Crippen molar-refractivity contribution in [3.05, 3.63) is 54.9 Å². The van der Waals surface area contributed by atoms with Crippen molar-refractivity contribution in [1.82, 2.24) is 29.8 Å². The molecule has 1 aliphatic rings. The van der Waals surface area contributed by atoms with Crippen molar-refractivity contribution in [2.75, 3.05) is 18.4 Å². The number of nitrogens with two attached hydrogens (primary N) is 1. The van der Waals surface area contributed by atoms with Gasteiger partial charge in [0.15, 0.2) is 11.5 Å². The van der Waals surface area contributed by atoms with Gasteiger partial charge in [0.05, 0.1) is 29.9 Å². The molecule has 4 N–H and O–H groups in total. The number of aromatic nitrogens is 5. The van der Waals surface area contributed by atoms with E-state index < -0.39 is 5.91 Å². The summed E-state index contributed by atoms with van der Waals surface area (Å²) < 4.78 is 7.94. The third-order valence-electron chi connectivity index (χ3n) is 5.63. The van der Waals surface area contributed by atoms with Crippen LogP contribution in [-0.4, -0.2) is 49.6 Å². The number of fused-ring (bicyclic) bond motifs is 1. The van der Waals surface area contributed by atoms with E-state index in [1.165, 1.54) is 6.20 Å². The number of piperidine rings is 1. The number of carbonyl (C=O) groups excluding carboxylic acids is 1. The van der Waals surface area contributed by atoms with Crippen LogP contribution in [0.5, 0.6) is 5.75 Å². The van der Waals surface area contributed by atoms with Crippen molar-refractivity contribution >= 4 is 28.4 Å². The van der Waals surface area contributed by atoms with Gasteiger partial charge in [-0.2, -0.15) is 0 Å². The molecule has 0 radical (unpaired) electrons. The number of pyridine rings is 1. The summed E-state index contributed by atoms with van der Waals surface area (Å²) in [5, 5.41) is 6.49. The van der Waals surface area contributed by atoms with Crippen LogP contribution in [0.2, 0.25) is 0 Å². The lowest BCUT2D eigenvalue weighted by Crippen LogP contribution is -2.34. The number of nitrogens with one attached hydrogen (secondary N) is 2. The van der Waals surface area contributed by atoms with Crippen molar-refractivity contribution in [3.8, 4) is 17.0 Å². The molecule has 1 aliphatic heterocycles. The van der Waals surface area contributed by atoms with Gasteiger partial charge in [-0.15, -0.1) is 0 Å². The third kappa shape index (κ3) is 4.33. The van der Waals surface area contributed by atoms with E-state index >= 15 is 0 Å². The van der Waals surface area contributed by atoms with Gasteiger partial charge in [-0.25, -0.2) is 15.0 Å². The van der Waals surface area contributed by atoms with Gasteiger partial charge in [0, 0.05) is 24.5 Å². The summed E-state index contributed by atoms with van der Waals surface area (Å²) in [6, 6.07) is 7.53. The molecule has 1 fully saturated rings. The summed E-state index contributed by atoms with van der Waals surface area (Å²) in [4.78, 5) is 29.6. The van der Waals surface area contributed by atoms with E-state index in [1.54, 1.807) is 18.7 Å². The summed E-state index contributed by atoms with van der Waals surface area (Å²) in [7, 11) is 1.90. The Morgan fingerprint density at radius 1 is 1.15 bits per heavy atom. The van der Waals surface area contributed by atoms with Gasteiger partial charge in [-0.3, -0.25) is 9.78 Å². The lowest BCUT2D eigenvalue weighted by molar-refractivity contribution is 0.0996. The summed E-state index contributed by atoms with van der Waals surface area (Å²) in [5.74, 6) is 0.395. The van der Waals surface area contributed by atoms with Crippen LogP contribution in [-0.2, 0) is 7.05 Å². The molecular formula is C23H24N8O2. The van der Waals surface area contributed by atoms with Crippen LogP contribution in [0.1, 0.15) is 23.3 Å². The number of primary amides is 1. The number of rotatable bonds is 6. The maximum atomic E-state index is 12.0. The molecule has 10 heteroatoms. The molecule has 0 spiro atoms. The molecule has 0 atom stereocenters. The normalized spacial score (nSPS) is 14.3. The van der Waals surface area contributed by atoms with Crippen molar-refractivity contribution in [2.24, 2.45) is 12.8 Å². The Hall–Kier alpha value is -4.05. The molecular weight excluding hydrogens is 420 g/mol. The van der Waals surface area contributed by atoms with Gasteiger partial charge in [0.2, 0.25) is 0 Å². The van der Waals surface area contributed by atoms with Crippen molar-refractivity contribution in [3.63, 3.8) is 0 Å². The number of benzene rings is 1. The Morgan fingerprint density at radius 3 is 2.70 bits per heavy atom. The predicted octanol–water partition coefficient (Wildman–Crippen LogP) is 2.40. The summed E-state index contributed by atoms with van der Waals surface area (Å²) in [5.41, 5.74) is 9.19. The zero-order valence-electron chi connectivity index (χ0n) is 18.2. The highest BCUT2D eigenvalue weighted by Gasteiger charge is 2.17. The number of carbonyl (C=O) groups is 1. The molecule has 1 aromatic carbocycles. The van der Waals surface area contributed by atoms with E-state index in [2.05, 4.69) is 30.6 Å². The van der Waals surface area contributed by atoms with E-state index in [0.29, 0.717) is 11.3 Å². The zero-order valence-corrected chi connectivity index (χ0v) is 18.2. The SMILES string of the molecule is Cn1cnc2c(-c3cnc(C(N)=O)c(Nc4ccc(OC5CCNCC5)cc4)n3)cncc21. The highest BCUT2D eigenvalue weighted by Crippen LogP contribution is 2.28. The number of hydrogen-bond donors (Lipinski definition) is 3. The van der Waals surface area contributed by atoms with E-state index in [0.717, 1.165) is 48.4 Å². The van der Waals surface area contributed by atoms with Gasteiger partial charge >= 0.3 is 0 Å². The maximum Gasteiger partial charge on any atom is 0.271 e. The van der Waals surface area contributed by atoms with E-state index in [-0.39, 0.29) is 17.6 Å². The molecule has 168 valence electrons. The number of hydrogen-bond acceptors (Lipinski definition) is 8. The second kappa shape index (κ2) is 8.83. The molecule has 4 aromatic rings. The monoisotopic (exact) mass is 444 g/mol. The first-order chi connectivity index (χ1) is 16.1. The molecule has 1 amide bonds. The number of nitrogens with zero attached hydrogens (tertiary/aromatic N) is 5. The van der Waals surface area contributed by atoms with Crippen LogP contribution in [0.4, 0.5) is 11.5 Å². The molecule has 3 aromatic heterocycles. The van der Waals surface area contributed by atoms with E-state index in [4.69, 9.17) is 10.5 Å². The van der Waals surface area contributed by atoms with Crippen LogP contribution in [0, 0.1) is 0 Å². The fourth-order valence-corrected chi connectivity index (χ4v) is 3.88. The fourth-order valence-electron chi connectivity index (χ4n) is 3.88. The number of amides is 1. The van der Waals surface area contributed by atoms with Gasteiger partial charge in [-0.1, -0.05) is 0 Å². The molecule has 1 saturated heterocycles. The third-order valence-corrected chi connectivity index (χ3v) is 5.63. The molecule has 0 aliphatic carbocycles. The minimum absolute atomic E-state index is 0.0509. The molecule has 0 unspecified atom stereocenters. The topological polar surface area (TPSA) is 133 Å². The number of aryl methyl sites for hydroxylation is 1. The molecule has 0 bridgehead atoms. The summed E-state index contributed by atoms with van der Waals surface area (Å²) >= 11 is 0. The Morgan fingerprint density at radius 2 is 1.94 bits per heavy atom. The predicted molar refractivity (Wildman–Crippen MR) is 124 cm³/mol. The standard InChI is InChI=1S/C23H24N8O2/c1-31-13-28-20-17(10-26-12-19(20)31)18-11-27-21(22(24)32)23(30-18)29-14-2-4-15(5-3-14)33-16-6-8-25-9-7-16/h2-5,10-13,16,25H,6-9H2,1H3,(H2,24,32)(H,29,30). The van der Waals surface area contributed by atoms with Crippen molar-refractivity contribution in [1.29, 1.82) is 0 Å². The molecule has 0 saturated carbocycles. The highest BCUT2D eigenvalue weighted by molar-refractivity contribution is 5.97. The van der Waals surface area contributed by atoms with E-state index in [1.807, 2.05) is 35.9 Å².